The van der Waals surface area contributed by atoms with Gasteiger partial charge in [0.05, 0.1) is 11.3 Å². The first-order valence-corrected chi connectivity index (χ1v) is 8.10. The molecule has 1 amide bonds. The van der Waals surface area contributed by atoms with Crippen LogP contribution in [0.15, 0.2) is 30.3 Å². The van der Waals surface area contributed by atoms with E-state index in [0.29, 0.717) is 43.6 Å². The van der Waals surface area contributed by atoms with E-state index in [1.165, 1.54) is 18.2 Å². The lowest BCUT2D eigenvalue weighted by atomic mass is 10.1. The van der Waals surface area contributed by atoms with Gasteiger partial charge in [-0.2, -0.15) is 13.2 Å². The van der Waals surface area contributed by atoms with Crippen LogP contribution in [0.4, 0.5) is 30.5 Å². The number of halogens is 3. The molecule has 0 bridgehead atoms. The summed E-state index contributed by atoms with van der Waals surface area (Å²) >= 11 is 0. The molecule has 2 heterocycles. The van der Waals surface area contributed by atoms with Crippen molar-refractivity contribution in [2.45, 2.75) is 13.1 Å². The minimum absolute atomic E-state index is 0.0603. The Hall–Kier alpha value is -2.84. The standard InChI is InChI=1S/C17H18F3N5O/c1-12-21-15(23-14-5-3-2-4-13(14)17(18,19)20)10-16(22-12)25-8-6-24(11-26)7-9-25/h2-5,10-11H,6-9H2,1H3,(H,21,22,23). The number of anilines is 3. The minimum atomic E-state index is -4.46. The molecule has 1 aromatic carbocycles. The first-order chi connectivity index (χ1) is 12.4. The van der Waals surface area contributed by atoms with Crippen LogP contribution in [0.2, 0.25) is 0 Å². The van der Waals surface area contributed by atoms with E-state index in [4.69, 9.17) is 0 Å². The molecule has 1 fully saturated rings. The lowest BCUT2D eigenvalue weighted by molar-refractivity contribution is -0.136. The molecule has 3 rings (SSSR count). The van der Waals surface area contributed by atoms with Crippen LogP contribution in [0.1, 0.15) is 11.4 Å². The monoisotopic (exact) mass is 365 g/mol. The summed E-state index contributed by atoms with van der Waals surface area (Å²) in [5.74, 6) is 1.37. The number of nitrogens with zero attached hydrogens (tertiary/aromatic N) is 4. The molecule has 0 radical (unpaired) electrons. The SMILES string of the molecule is Cc1nc(Nc2ccccc2C(F)(F)F)cc(N2CCN(C=O)CC2)n1. The molecule has 6 nitrogen and oxygen atoms in total. The van der Waals surface area contributed by atoms with E-state index in [9.17, 15) is 18.0 Å². The number of rotatable bonds is 4. The van der Waals surface area contributed by atoms with E-state index in [-0.39, 0.29) is 5.69 Å². The molecule has 0 aliphatic carbocycles. The predicted molar refractivity (Wildman–Crippen MR) is 91.3 cm³/mol. The van der Waals surface area contributed by atoms with Crippen molar-refractivity contribution in [3.63, 3.8) is 0 Å². The predicted octanol–water partition coefficient (Wildman–Crippen LogP) is 2.83. The van der Waals surface area contributed by atoms with Crippen molar-refractivity contribution < 1.29 is 18.0 Å². The number of piperazine rings is 1. The lowest BCUT2D eigenvalue weighted by Gasteiger charge is -2.33. The Labute approximate surface area is 148 Å². The van der Waals surface area contributed by atoms with E-state index in [2.05, 4.69) is 15.3 Å². The molecule has 1 saturated heterocycles. The molecule has 1 aromatic heterocycles. The Balaban J connectivity index is 1.84. The van der Waals surface area contributed by atoms with Crippen LogP contribution in [-0.4, -0.2) is 47.5 Å². The third kappa shape index (κ3) is 4.04. The molecule has 26 heavy (non-hydrogen) atoms. The molecule has 1 N–H and O–H groups in total. The number of para-hydroxylation sites is 1. The van der Waals surface area contributed by atoms with E-state index in [0.717, 1.165) is 12.5 Å². The zero-order valence-corrected chi connectivity index (χ0v) is 14.1. The van der Waals surface area contributed by atoms with Gasteiger partial charge in [-0.15, -0.1) is 0 Å². The fourth-order valence-electron chi connectivity index (χ4n) is 2.81. The number of alkyl halides is 3. The molecular weight excluding hydrogens is 347 g/mol. The second kappa shape index (κ2) is 7.19. The molecule has 0 atom stereocenters. The molecule has 1 aliphatic heterocycles. The highest BCUT2D eigenvalue weighted by Crippen LogP contribution is 2.35. The van der Waals surface area contributed by atoms with Gasteiger partial charge in [0, 0.05) is 32.2 Å². The zero-order valence-electron chi connectivity index (χ0n) is 14.1. The molecule has 0 spiro atoms. The van der Waals surface area contributed by atoms with Gasteiger partial charge in [-0.3, -0.25) is 4.79 Å². The van der Waals surface area contributed by atoms with Crippen LogP contribution in [0.3, 0.4) is 0 Å². The number of aromatic nitrogens is 2. The maximum Gasteiger partial charge on any atom is 0.418 e. The summed E-state index contributed by atoms with van der Waals surface area (Å²) in [7, 11) is 0. The van der Waals surface area contributed by atoms with Gasteiger partial charge < -0.3 is 15.1 Å². The molecule has 9 heteroatoms. The molecule has 2 aromatic rings. The first-order valence-electron chi connectivity index (χ1n) is 8.10. The minimum Gasteiger partial charge on any atom is -0.353 e. The van der Waals surface area contributed by atoms with Crippen LogP contribution in [0, 0.1) is 6.92 Å². The fourth-order valence-corrected chi connectivity index (χ4v) is 2.81. The third-order valence-corrected chi connectivity index (χ3v) is 4.11. The van der Waals surface area contributed by atoms with Gasteiger partial charge in [0.1, 0.15) is 17.5 Å². The Morgan fingerprint density at radius 3 is 2.46 bits per heavy atom. The van der Waals surface area contributed by atoms with Crippen molar-refractivity contribution in [2.24, 2.45) is 0 Å². The number of aryl methyl sites for hydroxylation is 1. The highest BCUT2D eigenvalue weighted by Gasteiger charge is 2.33. The van der Waals surface area contributed by atoms with Crippen molar-refractivity contribution in [2.75, 3.05) is 36.4 Å². The van der Waals surface area contributed by atoms with Crippen molar-refractivity contribution in [1.29, 1.82) is 0 Å². The van der Waals surface area contributed by atoms with Crippen LogP contribution >= 0.6 is 0 Å². The summed E-state index contributed by atoms with van der Waals surface area (Å²) in [4.78, 5) is 23.0. The summed E-state index contributed by atoms with van der Waals surface area (Å²) in [6.45, 7) is 4.05. The topological polar surface area (TPSA) is 61.4 Å². The highest BCUT2D eigenvalue weighted by atomic mass is 19.4. The third-order valence-electron chi connectivity index (χ3n) is 4.11. The largest absolute Gasteiger partial charge is 0.418 e. The van der Waals surface area contributed by atoms with Crippen molar-refractivity contribution in [3.8, 4) is 0 Å². The van der Waals surface area contributed by atoms with Crippen LogP contribution in [-0.2, 0) is 11.0 Å². The molecular formula is C17H18F3N5O. The summed E-state index contributed by atoms with van der Waals surface area (Å²) in [5.41, 5.74) is -0.813. The van der Waals surface area contributed by atoms with Gasteiger partial charge >= 0.3 is 6.18 Å². The summed E-state index contributed by atoms with van der Waals surface area (Å²) in [6.07, 6.45) is -3.65. The zero-order chi connectivity index (χ0) is 18.7. The van der Waals surface area contributed by atoms with Gasteiger partial charge in [-0.25, -0.2) is 9.97 Å². The number of hydrogen-bond acceptors (Lipinski definition) is 5. The molecule has 0 saturated carbocycles. The highest BCUT2D eigenvalue weighted by molar-refractivity contribution is 5.64. The molecule has 138 valence electrons. The van der Waals surface area contributed by atoms with E-state index < -0.39 is 11.7 Å². The van der Waals surface area contributed by atoms with Gasteiger partial charge in [0.25, 0.3) is 0 Å². The second-order valence-corrected chi connectivity index (χ2v) is 5.96. The smallest absolute Gasteiger partial charge is 0.353 e. The summed E-state index contributed by atoms with van der Waals surface area (Å²) in [5, 5.41) is 2.75. The summed E-state index contributed by atoms with van der Waals surface area (Å²) < 4.78 is 39.5. The molecule has 0 unspecified atom stereocenters. The lowest BCUT2D eigenvalue weighted by Crippen LogP contribution is -2.46. The van der Waals surface area contributed by atoms with Crippen LogP contribution in [0.5, 0.6) is 0 Å². The van der Waals surface area contributed by atoms with Gasteiger partial charge in [0.15, 0.2) is 0 Å². The van der Waals surface area contributed by atoms with Crippen LogP contribution in [0.25, 0.3) is 0 Å². The van der Waals surface area contributed by atoms with Gasteiger partial charge in [-0.1, -0.05) is 12.1 Å². The normalized spacial score (nSPS) is 15.1. The Kier molecular flexibility index (Phi) is 4.97. The Morgan fingerprint density at radius 2 is 1.81 bits per heavy atom. The maximum atomic E-state index is 13.2. The van der Waals surface area contributed by atoms with Gasteiger partial charge in [-0.05, 0) is 19.1 Å². The quantitative estimate of drug-likeness (QED) is 0.845. The van der Waals surface area contributed by atoms with Crippen molar-refractivity contribution in [1.82, 2.24) is 14.9 Å². The van der Waals surface area contributed by atoms with Crippen molar-refractivity contribution in [3.05, 3.63) is 41.7 Å². The number of amides is 1. The average Bonchev–Trinajstić information content (AvgIpc) is 2.61. The number of hydrogen-bond donors (Lipinski definition) is 1. The van der Waals surface area contributed by atoms with E-state index in [1.54, 1.807) is 17.9 Å². The average molecular weight is 365 g/mol. The van der Waals surface area contributed by atoms with Gasteiger partial charge in [0.2, 0.25) is 6.41 Å². The number of carbonyl (C=O) groups is 1. The number of benzene rings is 1. The Morgan fingerprint density at radius 1 is 1.12 bits per heavy atom. The fraction of sp³-hybridized carbons (Fsp3) is 0.353. The maximum absolute atomic E-state index is 13.2. The first kappa shape index (κ1) is 18.0. The summed E-state index contributed by atoms with van der Waals surface area (Å²) in [6, 6.07) is 6.89. The van der Waals surface area contributed by atoms with Crippen LogP contribution < -0.4 is 10.2 Å². The second-order valence-electron chi connectivity index (χ2n) is 5.96. The Bertz CT molecular complexity index is 788. The van der Waals surface area contributed by atoms with E-state index in [1.807, 2.05) is 4.90 Å². The number of carbonyl (C=O) groups excluding carboxylic acids is 1. The van der Waals surface area contributed by atoms with Crippen molar-refractivity contribution >= 4 is 23.7 Å². The molecule has 1 aliphatic rings. The van der Waals surface area contributed by atoms with E-state index >= 15 is 0 Å². The number of nitrogens with one attached hydrogen (secondary N) is 1.